The van der Waals surface area contributed by atoms with Crippen molar-refractivity contribution in [2.45, 2.75) is 306 Å². The van der Waals surface area contributed by atoms with Crippen molar-refractivity contribution in [3.8, 4) is 11.8 Å². The van der Waals surface area contributed by atoms with E-state index in [4.69, 9.17) is 31.0 Å². The van der Waals surface area contributed by atoms with E-state index in [2.05, 4.69) is 84.7 Å². The van der Waals surface area contributed by atoms with Gasteiger partial charge in [0.05, 0.1) is 66.5 Å². The summed E-state index contributed by atoms with van der Waals surface area (Å²) >= 11 is 0. The van der Waals surface area contributed by atoms with Crippen LogP contribution in [0.4, 0.5) is 123 Å². The number of nitriles is 1. The zero-order valence-electron chi connectivity index (χ0n) is 80.8. The molecule has 5 aromatic carbocycles. The molecule has 0 spiro atoms. The molecule has 42 heteroatoms. The molecule has 5 amide bonds. The Bertz CT molecular complexity index is 6980. The standard InChI is InChI=1S/C21H23F3N4O2.C20H19F5N4O.C20H20F4N4O.2C20H22F2N4O/c1-19(6-5-7-19)28-14-9-13(25-3)10-15(30-4)17(14)27-18(28)26-16(29)8-12-11-21(23,24)20(12,2)22;1-18(5-4-6-18)29-16-14(22)12(26-3)8-11(21)15(16)28-17(29)27-13(30)7-10-9-20(24,25)19(10,2)23;1-18(6-3-7-18)28-16-11(10-25)4-5-13(21)15(16)27-17(28)26-14(29)8-12-9-20(23,24)19(12,2)22;2*1-11(19(2)8-9-19)17(27)25-18-24-15-12(21)10-13(23-4)14(22)16(15)26(18)20(3)6-5-7-20/h9-10,12H,5-8,11H2,1-2,4H3,(H,26,27,29);8,10H,4-7,9H2,1-2H3,(H,27,28,30);4-5,12H,3,6-9H2,1-2H3,(H,26,27,29);2*10-11H,5-9H2,1-3H3,(H,24,25,27). The summed E-state index contributed by atoms with van der Waals surface area (Å²) in [6.45, 7) is 48.5. The van der Waals surface area contributed by atoms with Gasteiger partial charge >= 0.3 is 0 Å². The lowest BCUT2D eigenvalue weighted by Gasteiger charge is -2.47. The zero-order chi connectivity index (χ0) is 104. The van der Waals surface area contributed by atoms with Gasteiger partial charge in [0, 0.05) is 95.8 Å². The molecular formula is C101H106F16N20O6. The number of fused-ring (bicyclic) bond motifs is 5. The second-order valence-electron chi connectivity index (χ2n) is 42.7. The second-order valence-corrected chi connectivity index (χ2v) is 42.7. The normalized spacial score (nSPS) is 24.3. The van der Waals surface area contributed by atoms with Crippen LogP contribution >= 0.6 is 0 Å². The molecule has 0 saturated heterocycles. The molecule has 8 atom stereocenters. The maximum absolute atomic E-state index is 15.0. The van der Waals surface area contributed by atoms with Crippen molar-refractivity contribution in [2.24, 2.45) is 40.4 Å². The SMILES string of the molecule is CC1(n2c(NC(=O)CC3CC(F)(F)C3(C)F)nc3c(F)ccc(C#N)c32)CCC1.[C-]#[N+]c1cc(F)c2nc(NC(=O)C(C)C3(C)CC3)n(C3(C)CCC3)c2c1F.[C-]#[N+]c1cc(F)c2nc(NC(=O)C(C)C3(C)CC3)n(C3(C)CCC3)c2c1F.[C-]#[N+]c1cc(F)c2nc(NC(=O)CC3CC(F)(F)C3(C)F)n(C3(C)CCC3)c2c1F.[C-]#[N+]c1cc(OC)c2nc(NC(=O)CC3CC(F)(F)C3(C)F)n(C3(C)CCC3)c2c1. The van der Waals surface area contributed by atoms with Gasteiger partial charge in [-0.05, 0) is 231 Å². The van der Waals surface area contributed by atoms with E-state index in [1.165, 1.54) is 17.7 Å². The van der Waals surface area contributed by atoms with E-state index in [1.807, 2.05) is 52.2 Å². The van der Waals surface area contributed by atoms with Gasteiger partial charge in [0.15, 0.2) is 46.0 Å². The first-order valence-corrected chi connectivity index (χ1v) is 47.5. The van der Waals surface area contributed by atoms with E-state index in [0.29, 0.717) is 35.3 Å². The quantitative estimate of drug-likeness (QED) is 0.0332. The van der Waals surface area contributed by atoms with Crippen LogP contribution < -0.4 is 31.3 Å². The number of carbonyl (C=O) groups excluding carboxylic acids is 5. The Balaban J connectivity index is 0.000000128. The van der Waals surface area contributed by atoms with Gasteiger partial charge in [0.25, 0.3) is 17.8 Å². The number of halogens is 16. The number of nitrogens with zero attached hydrogens (tertiary/aromatic N) is 15. The fraction of sp³-hybridized carbons (Fsp3) is 0.554. The summed E-state index contributed by atoms with van der Waals surface area (Å²) in [6, 6.07) is 10.3. The molecule has 5 aromatic heterocycles. The van der Waals surface area contributed by atoms with Gasteiger partial charge in [-0.3, -0.25) is 50.6 Å². The predicted molar refractivity (Wildman–Crippen MR) is 500 cm³/mol. The third kappa shape index (κ3) is 17.6. The Morgan fingerprint density at radius 2 is 0.678 bits per heavy atom. The number of anilines is 5. The van der Waals surface area contributed by atoms with E-state index in [0.717, 1.165) is 154 Å². The molecule has 26 nitrogen and oxygen atoms in total. The van der Waals surface area contributed by atoms with Gasteiger partial charge in [0.2, 0.25) is 76.3 Å². The minimum atomic E-state index is -3.49. The molecular weight excluding hydrogens is 1890 g/mol. The Kier molecular flexibility index (Phi) is 25.9. The fourth-order valence-electron chi connectivity index (χ4n) is 20.9. The number of carbonyl (C=O) groups is 5. The van der Waals surface area contributed by atoms with E-state index in [9.17, 15) is 99.5 Å². The van der Waals surface area contributed by atoms with Crippen LogP contribution in [0.5, 0.6) is 5.75 Å². The lowest BCUT2D eigenvalue weighted by Crippen LogP contribution is -2.60. The minimum absolute atomic E-state index is 0.0188. The number of aromatic nitrogens is 10. The molecule has 10 aliphatic carbocycles. The Morgan fingerprint density at radius 3 is 0.937 bits per heavy atom. The number of methoxy groups -OCH3 is 1. The molecule has 10 aliphatic rings. The molecule has 5 heterocycles. The number of benzene rings is 5. The monoisotopic (exact) mass is 2000 g/mol. The number of imidazole rings is 5. The Hall–Kier alpha value is -13.1. The highest BCUT2D eigenvalue weighted by atomic mass is 19.3. The molecule has 758 valence electrons. The summed E-state index contributed by atoms with van der Waals surface area (Å²) in [5.41, 5.74) is -10.8. The van der Waals surface area contributed by atoms with E-state index in [1.54, 1.807) is 32.8 Å². The number of ether oxygens (including phenoxy) is 1. The highest BCUT2D eigenvalue weighted by Gasteiger charge is 2.69. The number of rotatable bonds is 21. The first kappa shape index (κ1) is 103. The van der Waals surface area contributed by atoms with Gasteiger partial charge in [-0.25, -0.2) is 115 Å². The van der Waals surface area contributed by atoms with E-state index in [-0.39, 0.29) is 137 Å². The van der Waals surface area contributed by atoms with Crippen LogP contribution in [0, 0.1) is 119 Å². The third-order valence-electron chi connectivity index (χ3n) is 33.0. The van der Waals surface area contributed by atoms with Gasteiger partial charge < -0.3 is 27.6 Å². The van der Waals surface area contributed by atoms with Gasteiger partial charge in [-0.1, -0.05) is 27.7 Å². The minimum Gasteiger partial charge on any atom is -0.496 e. The number of hydrogen-bond donors (Lipinski definition) is 5. The van der Waals surface area contributed by atoms with Crippen LogP contribution in [-0.2, 0) is 51.7 Å². The number of amides is 5. The highest BCUT2D eigenvalue weighted by molar-refractivity contribution is 5.99. The smallest absolute Gasteiger partial charge is 0.281 e. The van der Waals surface area contributed by atoms with Crippen LogP contribution in [0.2, 0.25) is 0 Å². The summed E-state index contributed by atoms with van der Waals surface area (Å²) < 4.78 is 239. The average Bonchev–Trinajstić information content (AvgIpc) is 1.57. The number of nitrogens with one attached hydrogen (secondary N) is 5. The summed E-state index contributed by atoms with van der Waals surface area (Å²) in [4.78, 5) is 96.9. The molecule has 10 fully saturated rings. The Labute approximate surface area is 811 Å². The number of alkyl halides is 9. The third-order valence-corrected chi connectivity index (χ3v) is 33.0. The predicted octanol–water partition coefficient (Wildman–Crippen LogP) is 25.6. The molecule has 20 rings (SSSR count). The van der Waals surface area contributed by atoms with Crippen LogP contribution in [0.1, 0.15) is 249 Å². The van der Waals surface area contributed by atoms with E-state index >= 15 is 0 Å². The van der Waals surface area contributed by atoms with Gasteiger partial charge in [0.1, 0.15) is 56.9 Å². The van der Waals surface area contributed by atoms with Crippen molar-refractivity contribution >= 4 is 137 Å². The molecule has 5 N–H and O–H groups in total. The summed E-state index contributed by atoms with van der Waals surface area (Å²) in [5.74, 6) is -21.2. The van der Waals surface area contributed by atoms with Crippen LogP contribution in [0.15, 0.2) is 42.5 Å². The summed E-state index contributed by atoms with van der Waals surface area (Å²) in [5, 5.41) is 22.7. The zero-order valence-corrected chi connectivity index (χ0v) is 80.8. The maximum atomic E-state index is 15.0. The largest absolute Gasteiger partial charge is 0.496 e. The van der Waals surface area contributed by atoms with Crippen molar-refractivity contribution in [3.05, 3.63) is 134 Å². The summed E-state index contributed by atoms with van der Waals surface area (Å²) in [7, 11) is 1.48. The molecule has 0 radical (unpaired) electrons. The second kappa shape index (κ2) is 36.1. The van der Waals surface area contributed by atoms with E-state index < -0.39 is 171 Å². The van der Waals surface area contributed by atoms with Crippen molar-refractivity contribution < 1.29 is 99.0 Å². The van der Waals surface area contributed by atoms with Crippen molar-refractivity contribution in [3.63, 3.8) is 0 Å². The lowest BCUT2D eigenvalue weighted by atomic mass is 9.67. The van der Waals surface area contributed by atoms with Crippen LogP contribution in [-0.4, -0.2) is 119 Å². The van der Waals surface area contributed by atoms with Gasteiger partial charge in [-0.15, -0.1) is 0 Å². The molecule has 0 aliphatic heterocycles. The van der Waals surface area contributed by atoms with Gasteiger partial charge in [-0.2, -0.15) is 5.26 Å². The molecule has 10 saturated carbocycles. The highest BCUT2D eigenvalue weighted by Crippen LogP contribution is 2.61. The molecule has 143 heavy (non-hydrogen) atoms. The van der Waals surface area contributed by atoms with Crippen LogP contribution in [0.25, 0.3) is 74.5 Å². The van der Waals surface area contributed by atoms with Crippen molar-refractivity contribution in [2.75, 3.05) is 33.7 Å². The lowest BCUT2D eigenvalue weighted by molar-refractivity contribution is -0.242. The summed E-state index contributed by atoms with van der Waals surface area (Å²) in [6.07, 6.45) is 12.8. The fourth-order valence-corrected chi connectivity index (χ4v) is 20.9. The molecule has 0 bridgehead atoms. The first-order valence-electron chi connectivity index (χ1n) is 47.5. The molecule has 10 aromatic rings. The Morgan fingerprint density at radius 1 is 0.399 bits per heavy atom. The van der Waals surface area contributed by atoms with Crippen molar-refractivity contribution in [1.82, 2.24) is 47.8 Å². The van der Waals surface area contributed by atoms with Crippen molar-refractivity contribution in [1.29, 1.82) is 5.26 Å². The number of hydrogen-bond acceptors (Lipinski definition) is 12. The molecule has 8 unspecified atom stereocenters. The van der Waals surface area contributed by atoms with Crippen LogP contribution in [0.3, 0.4) is 0 Å². The maximum Gasteiger partial charge on any atom is 0.281 e. The first-order chi connectivity index (χ1) is 66.8. The topological polar surface area (TPSA) is 285 Å². The average molecular weight is 2000 g/mol.